The van der Waals surface area contributed by atoms with Gasteiger partial charge in [-0.3, -0.25) is 9.69 Å². The smallest absolute Gasteiger partial charge is 0.410 e. The second-order valence-corrected chi connectivity index (χ2v) is 6.60. The highest BCUT2D eigenvalue weighted by Gasteiger charge is 2.40. The summed E-state index contributed by atoms with van der Waals surface area (Å²) in [4.78, 5) is 27.0. The van der Waals surface area contributed by atoms with Crippen LogP contribution in [0, 0.1) is 0 Å². The van der Waals surface area contributed by atoms with Gasteiger partial charge >= 0.3 is 12.1 Å². The maximum Gasteiger partial charge on any atom is 0.410 e. The van der Waals surface area contributed by atoms with E-state index in [4.69, 9.17) is 4.74 Å². The average Bonchev–Trinajstić information content (AvgIpc) is 2.95. The lowest BCUT2D eigenvalue weighted by Crippen LogP contribution is -2.45. The van der Waals surface area contributed by atoms with Crippen LogP contribution in [0.25, 0.3) is 0 Å². The molecule has 1 N–H and O–H groups in total. The van der Waals surface area contributed by atoms with Crippen LogP contribution in [0.3, 0.4) is 0 Å². The van der Waals surface area contributed by atoms with E-state index in [-0.39, 0.29) is 12.1 Å². The van der Waals surface area contributed by atoms with Crippen LogP contribution in [0.4, 0.5) is 4.79 Å². The topological polar surface area (TPSA) is 70.1 Å². The number of nitrogens with zero attached hydrogens (tertiary/aromatic N) is 2. The van der Waals surface area contributed by atoms with Gasteiger partial charge in [0.15, 0.2) is 0 Å². The first kappa shape index (κ1) is 15.1. The second kappa shape index (κ2) is 5.60. The molecule has 0 aromatic heterocycles. The molecule has 2 aliphatic rings. The van der Waals surface area contributed by atoms with Gasteiger partial charge in [-0.15, -0.1) is 0 Å². The van der Waals surface area contributed by atoms with Crippen molar-refractivity contribution in [2.45, 2.75) is 57.7 Å². The van der Waals surface area contributed by atoms with Crippen molar-refractivity contribution in [2.24, 2.45) is 0 Å². The van der Waals surface area contributed by atoms with E-state index in [1.165, 1.54) is 0 Å². The highest BCUT2D eigenvalue weighted by atomic mass is 16.6. The third-order valence-electron chi connectivity index (χ3n) is 3.86. The third-order valence-corrected chi connectivity index (χ3v) is 3.86. The third kappa shape index (κ3) is 3.42. The number of carbonyl (C=O) groups excluding carboxylic acids is 1. The molecular weight excluding hydrogens is 260 g/mol. The lowest BCUT2D eigenvalue weighted by Gasteiger charge is -2.28. The fraction of sp³-hybridized carbons (Fsp3) is 0.857. The number of carboxylic acids is 1. The van der Waals surface area contributed by atoms with Gasteiger partial charge in [0.1, 0.15) is 11.6 Å². The first-order chi connectivity index (χ1) is 9.28. The molecule has 2 heterocycles. The standard InChI is InChI=1S/C14H24N2O4/c1-14(2,3)20-13(19)15-8-6-10(9-15)16-7-4-5-11(16)12(17)18/h10-11H,4-9H2,1-3H3,(H,17,18). The van der Waals surface area contributed by atoms with Crippen molar-refractivity contribution in [3.8, 4) is 0 Å². The van der Waals surface area contributed by atoms with Crippen LogP contribution >= 0.6 is 0 Å². The summed E-state index contributed by atoms with van der Waals surface area (Å²) in [6, 6.07) is -0.246. The fourth-order valence-corrected chi connectivity index (χ4v) is 3.00. The van der Waals surface area contributed by atoms with Gasteiger partial charge in [-0.05, 0) is 46.6 Å². The van der Waals surface area contributed by atoms with E-state index in [0.717, 1.165) is 19.4 Å². The lowest BCUT2D eigenvalue weighted by atomic mass is 10.1. The van der Waals surface area contributed by atoms with E-state index < -0.39 is 17.6 Å². The molecule has 0 radical (unpaired) electrons. The summed E-state index contributed by atoms with van der Waals surface area (Å²) < 4.78 is 5.36. The Hall–Kier alpha value is -1.30. The quantitative estimate of drug-likeness (QED) is 0.833. The normalized spacial score (nSPS) is 27.9. The minimum Gasteiger partial charge on any atom is -0.480 e. The van der Waals surface area contributed by atoms with Crippen molar-refractivity contribution < 1.29 is 19.4 Å². The molecule has 1 amide bonds. The number of hydrogen-bond acceptors (Lipinski definition) is 4. The molecule has 0 spiro atoms. The van der Waals surface area contributed by atoms with Crippen LogP contribution in [-0.4, -0.2) is 64.3 Å². The Bertz CT molecular complexity index is 391. The molecule has 20 heavy (non-hydrogen) atoms. The summed E-state index contributed by atoms with van der Waals surface area (Å²) in [5.41, 5.74) is -0.494. The number of amides is 1. The Labute approximate surface area is 119 Å². The monoisotopic (exact) mass is 284 g/mol. The molecule has 6 nitrogen and oxygen atoms in total. The van der Waals surface area contributed by atoms with Crippen molar-refractivity contribution in [2.75, 3.05) is 19.6 Å². The molecule has 0 aromatic carbocycles. The zero-order valence-electron chi connectivity index (χ0n) is 12.5. The summed E-state index contributed by atoms with van der Waals surface area (Å²) in [5, 5.41) is 9.23. The van der Waals surface area contributed by atoms with Gasteiger partial charge in [0, 0.05) is 19.1 Å². The molecular formula is C14H24N2O4. The van der Waals surface area contributed by atoms with E-state index in [1.807, 2.05) is 25.7 Å². The van der Waals surface area contributed by atoms with E-state index in [9.17, 15) is 14.7 Å². The van der Waals surface area contributed by atoms with Gasteiger partial charge in [0.05, 0.1) is 0 Å². The van der Waals surface area contributed by atoms with Gasteiger partial charge in [-0.25, -0.2) is 4.79 Å². The van der Waals surface area contributed by atoms with Crippen LogP contribution in [0.5, 0.6) is 0 Å². The predicted octanol–water partition coefficient (Wildman–Crippen LogP) is 1.54. The maximum atomic E-state index is 12.0. The summed E-state index contributed by atoms with van der Waals surface area (Å²) in [6.07, 6.45) is 2.15. The molecule has 0 saturated carbocycles. The molecule has 6 heteroatoms. The Morgan fingerprint density at radius 1 is 1.20 bits per heavy atom. The van der Waals surface area contributed by atoms with Crippen LogP contribution in [0.2, 0.25) is 0 Å². The average molecular weight is 284 g/mol. The summed E-state index contributed by atoms with van der Waals surface area (Å²) in [5.74, 6) is -0.752. The van der Waals surface area contributed by atoms with Crippen molar-refractivity contribution in [1.29, 1.82) is 0 Å². The molecule has 0 bridgehead atoms. The second-order valence-electron chi connectivity index (χ2n) is 6.60. The van der Waals surface area contributed by atoms with Crippen LogP contribution in [-0.2, 0) is 9.53 Å². The lowest BCUT2D eigenvalue weighted by molar-refractivity contribution is -0.142. The summed E-state index contributed by atoms with van der Waals surface area (Å²) >= 11 is 0. The molecule has 0 aliphatic carbocycles. The van der Waals surface area contributed by atoms with Gasteiger partial charge in [0.25, 0.3) is 0 Å². The summed E-state index contributed by atoms with van der Waals surface area (Å²) in [6.45, 7) is 7.56. The zero-order valence-corrected chi connectivity index (χ0v) is 12.5. The molecule has 2 aliphatic heterocycles. The van der Waals surface area contributed by atoms with Crippen LogP contribution in [0.1, 0.15) is 40.0 Å². The van der Waals surface area contributed by atoms with Gasteiger partial charge in [-0.1, -0.05) is 0 Å². The van der Waals surface area contributed by atoms with E-state index in [0.29, 0.717) is 19.5 Å². The molecule has 0 aromatic rings. The Morgan fingerprint density at radius 2 is 1.90 bits per heavy atom. The number of rotatable bonds is 2. The molecule has 2 rings (SSSR count). The van der Waals surface area contributed by atoms with Crippen molar-refractivity contribution in [3.05, 3.63) is 0 Å². The molecule has 2 unspecified atom stereocenters. The zero-order chi connectivity index (χ0) is 14.9. The Morgan fingerprint density at radius 3 is 2.50 bits per heavy atom. The summed E-state index contributed by atoms with van der Waals surface area (Å²) in [7, 11) is 0. The first-order valence-corrected chi connectivity index (χ1v) is 7.24. The predicted molar refractivity (Wildman–Crippen MR) is 73.6 cm³/mol. The van der Waals surface area contributed by atoms with E-state index >= 15 is 0 Å². The molecule has 2 fully saturated rings. The molecule has 114 valence electrons. The SMILES string of the molecule is CC(C)(C)OC(=O)N1CCC(N2CCCC2C(=O)O)C1. The van der Waals surface area contributed by atoms with Crippen LogP contribution in [0.15, 0.2) is 0 Å². The van der Waals surface area contributed by atoms with Crippen molar-refractivity contribution in [3.63, 3.8) is 0 Å². The van der Waals surface area contributed by atoms with E-state index in [2.05, 4.69) is 0 Å². The van der Waals surface area contributed by atoms with E-state index in [1.54, 1.807) is 4.90 Å². The van der Waals surface area contributed by atoms with Gasteiger partial charge in [-0.2, -0.15) is 0 Å². The molecule has 2 saturated heterocycles. The largest absolute Gasteiger partial charge is 0.480 e. The fourth-order valence-electron chi connectivity index (χ4n) is 3.00. The minimum absolute atomic E-state index is 0.145. The number of ether oxygens (including phenoxy) is 1. The first-order valence-electron chi connectivity index (χ1n) is 7.24. The number of likely N-dealkylation sites (tertiary alicyclic amines) is 2. The number of carbonyl (C=O) groups is 2. The van der Waals surface area contributed by atoms with Gasteiger partial charge < -0.3 is 14.7 Å². The van der Waals surface area contributed by atoms with Crippen molar-refractivity contribution in [1.82, 2.24) is 9.80 Å². The number of hydrogen-bond donors (Lipinski definition) is 1. The maximum absolute atomic E-state index is 12.0. The molecule has 2 atom stereocenters. The Balaban J connectivity index is 1.92. The van der Waals surface area contributed by atoms with Crippen LogP contribution < -0.4 is 0 Å². The highest BCUT2D eigenvalue weighted by Crippen LogP contribution is 2.26. The Kier molecular flexibility index (Phi) is 4.22. The van der Waals surface area contributed by atoms with Crippen molar-refractivity contribution >= 4 is 12.1 Å². The highest BCUT2D eigenvalue weighted by molar-refractivity contribution is 5.74. The minimum atomic E-state index is -0.752. The van der Waals surface area contributed by atoms with Gasteiger partial charge in [0.2, 0.25) is 0 Å². The number of carboxylic acid groups (broad SMARTS) is 1. The number of aliphatic carboxylic acids is 1.